The van der Waals surface area contributed by atoms with Gasteiger partial charge in [-0.2, -0.15) is 0 Å². The molecular weight excluding hydrogens is 296 g/mol. The predicted octanol–water partition coefficient (Wildman–Crippen LogP) is 3.33. The van der Waals surface area contributed by atoms with Gasteiger partial charge in [0.2, 0.25) is 5.91 Å². The van der Waals surface area contributed by atoms with Crippen LogP contribution < -0.4 is 5.32 Å². The lowest BCUT2D eigenvalue weighted by Gasteiger charge is -2.39. The first kappa shape index (κ1) is 17.0. The van der Waals surface area contributed by atoms with Crippen molar-refractivity contribution in [2.75, 3.05) is 19.6 Å². The molecule has 1 aromatic rings. The Kier molecular flexibility index (Phi) is 6.04. The lowest BCUT2D eigenvalue weighted by atomic mass is 9.84. The Morgan fingerprint density at radius 1 is 1.32 bits per heavy atom. The zero-order valence-corrected chi connectivity index (χ0v) is 13.6. The van der Waals surface area contributed by atoms with Gasteiger partial charge in [0.1, 0.15) is 0 Å². The molecule has 2 aliphatic rings. The van der Waals surface area contributed by atoms with Gasteiger partial charge in [0.05, 0.1) is 0 Å². The summed E-state index contributed by atoms with van der Waals surface area (Å²) in [6.45, 7) is 4.02. The second-order valence-electron chi connectivity index (χ2n) is 5.95. The van der Waals surface area contributed by atoms with Gasteiger partial charge in [0, 0.05) is 30.7 Å². The number of nitrogens with zero attached hydrogens (tertiary/aromatic N) is 1. The predicted molar refractivity (Wildman–Crippen MR) is 90.5 cm³/mol. The highest BCUT2D eigenvalue weighted by atomic mass is 35.5. The van der Waals surface area contributed by atoms with Gasteiger partial charge in [-0.15, -0.1) is 0 Å². The van der Waals surface area contributed by atoms with Gasteiger partial charge < -0.3 is 10.2 Å². The van der Waals surface area contributed by atoms with Gasteiger partial charge in [0.25, 0.3) is 0 Å². The zero-order valence-electron chi connectivity index (χ0n) is 12.9. The normalized spacial score (nSPS) is 25.4. The van der Waals surface area contributed by atoms with Crippen LogP contribution in [0.4, 0.5) is 0 Å². The van der Waals surface area contributed by atoms with Crippen LogP contribution >= 0.6 is 11.6 Å². The van der Waals surface area contributed by atoms with Crippen LogP contribution in [0.15, 0.2) is 35.9 Å². The molecule has 0 spiro atoms. The molecule has 0 aromatic heterocycles. The topological polar surface area (TPSA) is 32.3 Å². The fraction of sp³-hybridized carbons (Fsp3) is 0.444. The van der Waals surface area contributed by atoms with Crippen molar-refractivity contribution in [1.29, 1.82) is 0 Å². The molecular formula is C18H23ClN2O. The van der Waals surface area contributed by atoms with E-state index in [-0.39, 0.29) is 13.3 Å². The van der Waals surface area contributed by atoms with E-state index in [4.69, 9.17) is 11.6 Å². The third-order valence-electron chi connectivity index (χ3n) is 4.44. The summed E-state index contributed by atoms with van der Waals surface area (Å²) in [7, 11) is 0. The molecule has 3 nitrogen and oxygen atoms in total. The van der Waals surface area contributed by atoms with Crippen molar-refractivity contribution in [1.82, 2.24) is 10.2 Å². The van der Waals surface area contributed by atoms with E-state index in [1.807, 2.05) is 30.3 Å². The number of fused-ring (bicyclic) bond motifs is 2. The molecule has 0 aliphatic carbocycles. The standard InChI is InChI=1S/C17H21ClN2O.CH2/c18-16-5-3-13(4-6-16)11-19-17(21)10-14-7-9-20-8-1-2-15(14)12-20;/h3-6,10,15H,1-2,7-9,11-12H2,(H,19,21);1H2. The van der Waals surface area contributed by atoms with E-state index in [9.17, 15) is 4.79 Å². The summed E-state index contributed by atoms with van der Waals surface area (Å²) in [5, 5.41) is 3.69. The Labute approximate surface area is 138 Å². The van der Waals surface area contributed by atoms with Crippen molar-refractivity contribution >= 4 is 17.5 Å². The van der Waals surface area contributed by atoms with Crippen LogP contribution in [0.25, 0.3) is 0 Å². The molecule has 2 bridgehead atoms. The van der Waals surface area contributed by atoms with E-state index in [1.165, 1.54) is 25.0 Å². The highest BCUT2D eigenvalue weighted by molar-refractivity contribution is 6.30. The number of benzene rings is 1. The maximum atomic E-state index is 12.1. The van der Waals surface area contributed by atoms with Gasteiger partial charge in [-0.05, 0) is 49.4 Å². The molecule has 4 heteroatoms. The van der Waals surface area contributed by atoms with Gasteiger partial charge in [-0.25, -0.2) is 0 Å². The molecule has 2 heterocycles. The number of amides is 1. The van der Waals surface area contributed by atoms with E-state index in [0.717, 1.165) is 30.1 Å². The summed E-state index contributed by atoms with van der Waals surface area (Å²) in [6, 6.07) is 7.57. The Balaban J connectivity index is 0.00000176. The molecule has 22 heavy (non-hydrogen) atoms. The fourth-order valence-electron chi connectivity index (χ4n) is 3.25. The minimum atomic E-state index is 0. The Hall–Kier alpha value is -1.32. The second-order valence-corrected chi connectivity index (χ2v) is 6.39. The summed E-state index contributed by atoms with van der Waals surface area (Å²) in [4.78, 5) is 14.6. The van der Waals surface area contributed by atoms with Crippen LogP contribution in [0.3, 0.4) is 0 Å². The minimum Gasteiger partial charge on any atom is -0.348 e. The Morgan fingerprint density at radius 3 is 2.86 bits per heavy atom. The number of nitrogens with one attached hydrogen (secondary N) is 1. The van der Waals surface area contributed by atoms with Crippen molar-refractivity contribution in [3.63, 3.8) is 0 Å². The number of hydrogen-bond donors (Lipinski definition) is 1. The number of halogens is 1. The zero-order chi connectivity index (χ0) is 14.7. The molecule has 2 unspecified atom stereocenters. The number of hydrogen-bond acceptors (Lipinski definition) is 2. The SMILES string of the molecule is O=C(C=C1CCN2CCCC1C2)NCc1ccc(Cl)cc1.[CH2]. The minimum absolute atomic E-state index is 0. The van der Waals surface area contributed by atoms with Crippen molar-refractivity contribution < 1.29 is 4.79 Å². The van der Waals surface area contributed by atoms with E-state index in [1.54, 1.807) is 0 Å². The van der Waals surface area contributed by atoms with E-state index >= 15 is 0 Å². The van der Waals surface area contributed by atoms with Crippen molar-refractivity contribution in [3.05, 3.63) is 53.9 Å². The molecule has 1 aromatic carbocycles. The van der Waals surface area contributed by atoms with E-state index in [0.29, 0.717) is 12.5 Å². The lowest BCUT2D eigenvalue weighted by Crippen LogP contribution is -2.41. The quantitative estimate of drug-likeness (QED) is 0.867. The average Bonchev–Trinajstić information content (AvgIpc) is 2.50. The van der Waals surface area contributed by atoms with Gasteiger partial charge in [-0.3, -0.25) is 4.79 Å². The van der Waals surface area contributed by atoms with Crippen molar-refractivity contribution in [2.45, 2.75) is 25.8 Å². The summed E-state index contributed by atoms with van der Waals surface area (Å²) >= 11 is 5.85. The molecule has 2 atom stereocenters. The van der Waals surface area contributed by atoms with Crippen LogP contribution in [0.2, 0.25) is 5.02 Å². The fourth-order valence-corrected chi connectivity index (χ4v) is 3.38. The van der Waals surface area contributed by atoms with E-state index < -0.39 is 0 Å². The highest BCUT2D eigenvalue weighted by Crippen LogP contribution is 2.30. The first-order valence-electron chi connectivity index (χ1n) is 7.66. The van der Waals surface area contributed by atoms with Crippen LogP contribution in [0, 0.1) is 13.3 Å². The number of rotatable bonds is 3. The smallest absolute Gasteiger partial charge is 0.244 e. The van der Waals surface area contributed by atoms with Crippen LogP contribution in [-0.4, -0.2) is 30.4 Å². The Morgan fingerprint density at radius 2 is 2.09 bits per heavy atom. The molecule has 3 rings (SSSR count). The van der Waals surface area contributed by atoms with Gasteiger partial charge >= 0.3 is 0 Å². The molecule has 1 N–H and O–H groups in total. The van der Waals surface area contributed by atoms with Gasteiger partial charge in [-0.1, -0.05) is 36.7 Å². The number of carbonyl (C=O) groups excluding carboxylic acids is 1. The second kappa shape index (κ2) is 7.80. The molecule has 0 saturated carbocycles. The first-order chi connectivity index (χ1) is 10.2. The van der Waals surface area contributed by atoms with Crippen LogP contribution in [0.1, 0.15) is 24.8 Å². The molecule has 2 saturated heterocycles. The maximum absolute atomic E-state index is 12.1. The molecule has 2 fully saturated rings. The molecule has 2 aliphatic heterocycles. The number of carbonyl (C=O) groups is 1. The summed E-state index contributed by atoms with van der Waals surface area (Å²) < 4.78 is 0. The lowest BCUT2D eigenvalue weighted by molar-refractivity contribution is -0.116. The third kappa shape index (κ3) is 4.34. The monoisotopic (exact) mass is 318 g/mol. The van der Waals surface area contributed by atoms with Crippen molar-refractivity contribution in [3.8, 4) is 0 Å². The van der Waals surface area contributed by atoms with Crippen molar-refractivity contribution in [2.24, 2.45) is 5.92 Å². The third-order valence-corrected chi connectivity index (χ3v) is 4.70. The van der Waals surface area contributed by atoms with Gasteiger partial charge in [0.15, 0.2) is 0 Å². The molecule has 1 amide bonds. The average molecular weight is 319 g/mol. The maximum Gasteiger partial charge on any atom is 0.244 e. The van der Waals surface area contributed by atoms with Crippen LogP contribution in [0.5, 0.6) is 0 Å². The number of piperidine rings is 2. The summed E-state index contributed by atoms with van der Waals surface area (Å²) in [5.41, 5.74) is 2.40. The Bertz CT molecular complexity index is 539. The van der Waals surface area contributed by atoms with Crippen LogP contribution in [-0.2, 0) is 11.3 Å². The van der Waals surface area contributed by atoms with E-state index in [2.05, 4.69) is 10.2 Å². The largest absolute Gasteiger partial charge is 0.348 e. The summed E-state index contributed by atoms with van der Waals surface area (Å²) in [5.74, 6) is 0.618. The highest BCUT2D eigenvalue weighted by Gasteiger charge is 2.27. The summed E-state index contributed by atoms with van der Waals surface area (Å²) in [6.07, 6.45) is 5.36. The first-order valence-corrected chi connectivity index (χ1v) is 8.03. The molecule has 118 valence electrons. The molecule has 2 radical (unpaired) electrons.